The van der Waals surface area contributed by atoms with E-state index in [1.807, 2.05) is 48.5 Å². The van der Waals surface area contributed by atoms with Crippen molar-refractivity contribution < 1.29 is 14.6 Å². The molecule has 3 heterocycles. The summed E-state index contributed by atoms with van der Waals surface area (Å²) >= 11 is 0. The molecule has 1 aromatic heterocycles. The van der Waals surface area contributed by atoms with Gasteiger partial charge in [0, 0.05) is 36.2 Å². The fourth-order valence-corrected chi connectivity index (χ4v) is 4.17. The van der Waals surface area contributed by atoms with Crippen LogP contribution < -0.4 is 15.5 Å². The van der Waals surface area contributed by atoms with Gasteiger partial charge in [-0.3, -0.25) is 4.79 Å². The minimum atomic E-state index is -0.918. The number of fused-ring (bicyclic) bond motifs is 1. The Morgan fingerprint density at radius 3 is 2.41 bits per heavy atom. The molecule has 0 saturated carbocycles. The number of nitrogens with zero attached hydrogens (tertiary/aromatic N) is 3. The van der Waals surface area contributed by atoms with Crippen molar-refractivity contribution in [1.29, 1.82) is 0 Å². The molecule has 5 rings (SSSR count). The summed E-state index contributed by atoms with van der Waals surface area (Å²) < 4.78 is 5.44. The topological polar surface area (TPSA) is 88.8 Å². The highest BCUT2D eigenvalue weighted by Crippen LogP contribution is 2.32. The van der Waals surface area contributed by atoms with Gasteiger partial charge in [0.15, 0.2) is 0 Å². The van der Waals surface area contributed by atoms with Crippen LogP contribution in [-0.2, 0) is 10.3 Å². The number of carbonyl (C=O) groups excluding carboxylic acids is 1. The molecule has 2 aromatic carbocycles. The van der Waals surface area contributed by atoms with Crippen LogP contribution in [0.1, 0.15) is 35.3 Å². The average Bonchev–Trinajstić information content (AvgIpc) is 2.84. The van der Waals surface area contributed by atoms with Crippen molar-refractivity contribution in [3.63, 3.8) is 0 Å². The number of anilines is 3. The molecule has 7 heteroatoms. The summed E-state index contributed by atoms with van der Waals surface area (Å²) in [7, 11) is 0. The van der Waals surface area contributed by atoms with Crippen LogP contribution in [0.3, 0.4) is 0 Å². The van der Waals surface area contributed by atoms with E-state index in [0.717, 1.165) is 60.1 Å². The summed E-state index contributed by atoms with van der Waals surface area (Å²) in [6.07, 6.45) is 3.34. The summed E-state index contributed by atoms with van der Waals surface area (Å²) in [5.41, 5.74) is 4.72. The number of nitrogens with one attached hydrogen (secondary N) is 1. The third-order valence-corrected chi connectivity index (χ3v) is 6.10. The Balaban J connectivity index is 1.47. The minimum absolute atomic E-state index is 0.318. The quantitative estimate of drug-likeness (QED) is 0.597. The highest BCUT2D eigenvalue weighted by Gasteiger charge is 2.23. The molecule has 7 nitrogen and oxygen atoms in total. The lowest BCUT2D eigenvalue weighted by molar-refractivity contribution is 0.0786. The zero-order chi connectivity index (χ0) is 23.7. The van der Waals surface area contributed by atoms with Crippen LogP contribution in [0.5, 0.6) is 0 Å². The number of ether oxygens (including phenoxy) is 1. The number of amides is 1. The lowest BCUT2D eigenvalue weighted by atomic mass is 9.96. The molecule has 34 heavy (non-hydrogen) atoms. The van der Waals surface area contributed by atoms with Crippen molar-refractivity contribution in [2.75, 3.05) is 36.5 Å². The van der Waals surface area contributed by atoms with Crippen molar-refractivity contribution in [3.8, 4) is 11.3 Å². The first-order valence-corrected chi connectivity index (χ1v) is 11.4. The zero-order valence-corrected chi connectivity index (χ0v) is 19.3. The maximum absolute atomic E-state index is 12.6. The third-order valence-electron chi connectivity index (χ3n) is 6.10. The van der Waals surface area contributed by atoms with Gasteiger partial charge in [-0.15, -0.1) is 0 Å². The fourth-order valence-electron chi connectivity index (χ4n) is 4.17. The highest BCUT2D eigenvalue weighted by atomic mass is 16.5. The highest BCUT2D eigenvalue weighted by molar-refractivity contribution is 6.05. The monoisotopic (exact) mass is 455 g/mol. The number of hydrogen-bond donors (Lipinski definition) is 2. The Bertz CT molecular complexity index is 1220. The van der Waals surface area contributed by atoms with Gasteiger partial charge in [-0.1, -0.05) is 24.3 Å². The first kappa shape index (κ1) is 22.1. The molecule has 0 aliphatic carbocycles. The molecule has 3 aromatic rings. The van der Waals surface area contributed by atoms with Crippen LogP contribution in [0.2, 0.25) is 0 Å². The molecule has 2 aliphatic heterocycles. The Hall–Kier alpha value is -3.68. The van der Waals surface area contributed by atoms with E-state index in [0.29, 0.717) is 11.4 Å². The van der Waals surface area contributed by atoms with E-state index in [2.05, 4.69) is 27.7 Å². The van der Waals surface area contributed by atoms with E-state index >= 15 is 0 Å². The number of aliphatic hydroxyl groups is 1. The van der Waals surface area contributed by atoms with E-state index in [9.17, 15) is 9.90 Å². The number of aromatic nitrogens is 1. The summed E-state index contributed by atoms with van der Waals surface area (Å²) in [6.45, 7) is 6.73. The fraction of sp³-hybridized carbons (Fsp3) is 0.259. The molecule has 1 fully saturated rings. The van der Waals surface area contributed by atoms with Crippen LogP contribution in [0.4, 0.5) is 17.2 Å². The number of benzene rings is 2. The summed E-state index contributed by atoms with van der Waals surface area (Å²) in [5, 5.41) is 17.5. The zero-order valence-electron chi connectivity index (χ0n) is 19.3. The number of hydrogen-bond acceptors (Lipinski definition) is 6. The smallest absolute Gasteiger partial charge is 0.281 e. The van der Waals surface area contributed by atoms with Gasteiger partial charge in [0.25, 0.3) is 5.91 Å². The minimum Gasteiger partial charge on any atom is -0.386 e. The van der Waals surface area contributed by atoms with E-state index < -0.39 is 5.60 Å². The first-order valence-electron chi connectivity index (χ1n) is 11.4. The van der Waals surface area contributed by atoms with E-state index in [-0.39, 0.29) is 5.91 Å². The van der Waals surface area contributed by atoms with Gasteiger partial charge >= 0.3 is 0 Å². The van der Waals surface area contributed by atoms with Gasteiger partial charge in [-0.2, -0.15) is 0 Å². The number of rotatable bonds is 5. The number of morpholine rings is 1. The summed E-state index contributed by atoms with van der Waals surface area (Å²) in [4.78, 5) is 19.7. The molecular weight excluding hydrogens is 428 g/mol. The normalized spacial score (nSPS) is 15.6. The van der Waals surface area contributed by atoms with E-state index in [1.165, 1.54) is 6.20 Å². The predicted octanol–water partition coefficient (Wildman–Crippen LogP) is 4.29. The number of pyridine rings is 1. The molecule has 1 saturated heterocycles. The first-order chi connectivity index (χ1) is 16.4. The van der Waals surface area contributed by atoms with Gasteiger partial charge in [0.05, 0.1) is 30.1 Å². The molecule has 0 unspecified atom stereocenters. The average molecular weight is 456 g/mol. The van der Waals surface area contributed by atoms with Gasteiger partial charge in [-0.05, 0) is 61.4 Å². The molecule has 0 bridgehead atoms. The maximum Gasteiger partial charge on any atom is 0.281 e. The summed E-state index contributed by atoms with van der Waals surface area (Å²) in [6, 6.07) is 17.6. The van der Waals surface area contributed by atoms with Gasteiger partial charge in [0.2, 0.25) is 0 Å². The second kappa shape index (κ2) is 8.93. The molecular formula is C27H27N4O3. The standard InChI is InChI=1S/C27H27N4O3/c1-27(2,33)20-5-3-18(4-6-20)23-17-19-11-12-28-26(32)24(19)25(30-23)29-21-7-9-22(10-8-21)31-13-15-34-16-14-31/h3-12,17,33H,13-16H2,1-2H3,(H,29,30). The lowest BCUT2D eigenvalue weighted by Crippen LogP contribution is -2.36. The molecule has 1 amide bonds. The van der Waals surface area contributed by atoms with Gasteiger partial charge in [0.1, 0.15) is 5.82 Å². The van der Waals surface area contributed by atoms with Crippen molar-refractivity contribution in [1.82, 2.24) is 10.3 Å². The molecule has 1 radical (unpaired) electrons. The summed E-state index contributed by atoms with van der Waals surface area (Å²) in [5.74, 6) is 0.151. The van der Waals surface area contributed by atoms with Crippen molar-refractivity contribution in [2.45, 2.75) is 19.4 Å². The molecule has 0 atom stereocenters. The lowest BCUT2D eigenvalue weighted by Gasteiger charge is -2.29. The van der Waals surface area contributed by atoms with Crippen molar-refractivity contribution >= 4 is 29.2 Å². The van der Waals surface area contributed by atoms with Gasteiger partial charge in [-0.25, -0.2) is 10.3 Å². The van der Waals surface area contributed by atoms with E-state index in [1.54, 1.807) is 13.8 Å². The van der Waals surface area contributed by atoms with Crippen molar-refractivity contribution in [2.24, 2.45) is 0 Å². The largest absolute Gasteiger partial charge is 0.386 e. The molecule has 0 spiro atoms. The van der Waals surface area contributed by atoms with Crippen LogP contribution in [0.15, 0.2) is 60.8 Å². The van der Waals surface area contributed by atoms with Crippen LogP contribution >= 0.6 is 0 Å². The number of carbonyl (C=O) groups is 1. The molecule has 2 aliphatic rings. The SMILES string of the molecule is CC(C)(O)c1ccc(-c2cc3c(c(Nc4ccc(N5CCOCC5)cc4)n2)C(=O)[N]C=C3)cc1. The van der Waals surface area contributed by atoms with E-state index in [4.69, 9.17) is 9.72 Å². The Morgan fingerprint density at radius 1 is 1.03 bits per heavy atom. The predicted molar refractivity (Wildman–Crippen MR) is 133 cm³/mol. The maximum atomic E-state index is 12.6. The van der Waals surface area contributed by atoms with Crippen molar-refractivity contribution in [3.05, 3.63) is 77.5 Å². The molecule has 173 valence electrons. The molecule has 2 N–H and O–H groups in total. The Labute approximate surface area is 199 Å². The Morgan fingerprint density at radius 2 is 1.74 bits per heavy atom. The van der Waals surface area contributed by atoms with Crippen LogP contribution in [-0.4, -0.2) is 42.3 Å². The van der Waals surface area contributed by atoms with Crippen LogP contribution in [0.25, 0.3) is 17.3 Å². The van der Waals surface area contributed by atoms with Crippen LogP contribution in [0, 0.1) is 0 Å². The second-order valence-electron chi connectivity index (χ2n) is 8.98. The Kier molecular flexibility index (Phi) is 5.81. The third kappa shape index (κ3) is 4.53. The van der Waals surface area contributed by atoms with Gasteiger partial charge < -0.3 is 20.1 Å². The second-order valence-corrected chi connectivity index (χ2v) is 8.98.